The van der Waals surface area contributed by atoms with Crippen molar-refractivity contribution in [2.75, 3.05) is 12.3 Å². The van der Waals surface area contributed by atoms with E-state index in [4.69, 9.17) is 5.73 Å². The van der Waals surface area contributed by atoms with Gasteiger partial charge in [-0.05, 0) is 31.5 Å². The van der Waals surface area contributed by atoms with Gasteiger partial charge in [-0.1, -0.05) is 19.8 Å². The van der Waals surface area contributed by atoms with Crippen LogP contribution in [0.25, 0.3) is 0 Å². The molecule has 4 nitrogen and oxygen atoms in total. The zero-order valence-electron chi connectivity index (χ0n) is 11.8. The second-order valence-electron chi connectivity index (χ2n) is 4.62. The molecule has 1 aromatic rings. The van der Waals surface area contributed by atoms with Gasteiger partial charge < -0.3 is 11.1 Å². The third kappa shape index (κ3) is 4.59. The molecule has 1 aromatic carbocycles. The van der Waals surface area contributed by atoms with Gasteiger partial charge in [0.2, 0.25) is 5.91 Å². The number of hydrogen-bond acceptors (Lipinski definition) is 3. The summed E-state index contributed by atoms with van der Waals surface area (Å²) in [7, 11) is -1.59. The minimum atomic E-state index is -1.59. The molecule has 6 heteroatoms. The van der Waals surface area contributed by atoms with Crippen molar-refractivity contribution < 1.29 is 13.4 Å². The summed E-state index contributed by atoms with van der Waals surface area (Å²) in [4.78, 5) is 12.2. The first-order chi connectivity index (χ1) is 9.47. The van der Waals surface area contributed by atoms with E-state index < -0.39 is 21.9 Å². The number of nitrogen functional groups attached to an aromatic ring is 1. The van der Waals surface area contributed by atoms with Crippen LogP contribution in [0.2, 0.25) is 0 Å². The van der Waals surface area contributed by atoms with E-state index in [2.05, 4.69) is 12.2 Å². The van der Waals surface area contributed by atoms with Crippen molar-refractivity contribution in [1.82, 2.24) is 5.32 Å². The summed E-state index contributed by atoms with van der Waals surface area (Å²) < 4.78 is 25.2. The van der Waals surface area contributed by atoms with E-state index in [-0.39, 0.29) is 11.6 Å². The molecule has 1 amide bonds. The van der Waals surface area contributed by atoms with Gasteiger partial charge in [-0.15, -0.1) is 0 Å². The van der Waals surface area contributed by atoms with Gasteiger partial charge in [0.05, 0.1) is 21.4 Å². The molecule has 112 valence electrons. The van der Waals surface area contributed by atoms with Crippen LogP contribution in [0.4, 0.5) is 10.1 Å². The van der Waals surface area contributed by atoms with Crippen molar-refractivity contribution in [1.29, 1.82) is 0 Å². The lowest BCUT2D eigenvalue weighted by molar-refractivity contribution is -0.120. The minimum Gasteiger partial charge on any atom is -0.398 e. The van der Waals surface area contributed by atoms with E-state index in [1.807, 2.05) is 0 Å². The molecule has 0 bridgehead atoms. The van der Waals surface area contributed by atoms with Crippen LogP contribution in [0, 0.1) is 5.82 Å². The standard InChI is InChI=1S/C14H21FN2O2S/c1-3-4-5-8-17-14(18)10(2)20(19)13-7-6-11(15)9-12(13)16/h6-7,9-10H,3-5,8,16H2,1-2H3,(H,17,18). The van der Waals surface area contributed by atoms with Crippen LogP contribution in [0.1, 0.15) is 33.1 Å². The Morgan fingerprint density at radius 1 is 1.45 bits per heavy atom. The molecule has 0 saturated carbocycles. The molecule has 1 rings (SSSR count). The molecule has 0 radical (unpaired) electrons. The number of unbranched alkanes of at least 4 members (excludes halogenated alkanes) is 2. The predicted octanol–water partition coefficient (Wildman–Crippen LogP) is 2.21. The van der Waals surface area contributed by atoms with Crippen LogP contribution >= 0.6 is 0 Å². The molecule has 0 saturated heterocycles. The van der Waals surface area contributed by atoms with Crippen molar-refractivity contribution in [3.05, 3.63) is 24.0 Å². The lowest BCUT2D eigenvalue weighted by Crippen LogP contribution is -2.36. The number of benzene rings is 1. The highest BCUT2D eigenvalue weighted by Crippen LogP contribution is 2.20. The number of hydrogen-bond donors (Lipinski definition) is 2. The van der Waals surface area contributed by atoms with E-state index in [1.165, 1.54) is 12.1 Å². The first-order valence-electron chi connectivity index (χ1n) is 6.70. The van der Waals surface area contributed by atoms with Gasteiger partial charge in [-0.3, -0.25) is 9.00 Å². The summed E-state index contributed by atoms with van der Waals surface area (Å²) in [5, 5.41) is 2.03. The van der Waals surface area contributed by atoms with Crippen molar-refractivity contribution in [2.24, 2.45) is 0 Å². The van der Waals surface area contributed by atoms with E-state index >= 15 is 0 Å². The largest absolute Gasteiger partial charge is 0.398 e. The van der Waals surface area contributed by atoms with Gasteiger partial charge in [0, 0.05) is 6.54 Å². The fourth-order valence-electron chi connectivity index (χ4n) is 1.72. The molecule has 0 spiro atoms. The third-order valence-electron chi connectivity index (χ3n) is 2.96. The maximum atomic E-state index is 13.0. The van der Waals surface area contributed by atoms with Crippen LogP contribution < -0.4 is 11.1 Å². The van der Waals surface area contributed by atoms with Gasteiger partial charge in [0.1, 0.15) is 11.1 Å². The molecular weight excluding hydrogens is 279 g/mol. The number of nitrogens with one attached hydrogen (secondary N) is 1. The summed E-state index contributed by atoms with van der Waals surface area (Å²) in [5.41, 5.74) is 5.74. The van der Waals surface area contributed by atoms with E-state index in [9.17, 15) is 13.4 Å². The average Bonchev–Trinajstić information content (AvgIpc) is 2.42. The molecule has 0 aliphatic carbocycles. The van der Waals surface area contributed by atoms with Crippen LogP contribution in [0.15, 0.2) is 23.1 Å². The first kappa shape index (κ1) is 16.6. The molecule has 0 aliphatic rings. The van der Waals surface area contributed by atoms with Crippen LogP contribution in [-0.4, -0.2) is 21.9 Å². The molecule has 0 fully saturated rings. The quantitative estimate of drug-likeness (QED) is 0.599. The Labute approximate surface area is 121 Å². The molecular formula is C14H21FN2O2S. The van der Waals surface area contributed by atoms with Gasteiger partial charge in [-0.2, -0.15) is 0 Å². The second-order valence-corrected chi connectivity index (χ2v) is 6.36. The van der Waals surface area contributed by atoms with Crippen molar-refractivity contribution in [3.63, 3.8) is 0 Å². The maximum Gasteiger partial charge on any atom is 0.235 e. The van der Waals surface area contributed by atoms with Gasteiger partial charge in [-0.25, -0.2) is 4.39 Å². The third-order valence-corrected chi connectivity index (χ3v) is 4.62. The van der Waals surface area contributed by atoms with E-state index in [0.717, 1.165) is 25.3 Å². The summed E-state index contributed by atoms with van der Waals surface area (Å²) in [6.07, 6.45) is 3.02. The Morgan fingerprint density at radius 3 is 2.75 bits per heavy atom. The number of carbonyl (C=O) groups excluding carboxylic acids is 1. The summed E-state index contributed by atoms with van der Waals surface area (Å²) in [6.45, 7) is 4.23. The normalized spacial score (nSPS) is 13.8. The number of carbonyl (C=O) groups is 1. The van der Waals surface area contributed by atoms with Crippen molar-refractivity contribution >= 4 is 22.4 Å². The smallest absolute Gasteiger partial charge is 0.235 e. The SMILES string of the molecule is CCCCCNC(=O)C(C)S(=O)c1ccc(F)cc1N. The van der Waals surface area contributed by atoms with Gasteiger partial charge in [0.25, 0.3) is 0 Å². The summed E-state index contributed by atoms with van der Waals surface area (Å²) in [5.74, 6) is -0.761. The Balaban J connectivity index is 2.64. The lowest BCUT2D eigenvalue weighted by atomic mass is 10.2. The fraction of sp³-hybridized carbons (Fsp3) is 0.500. The van der Waals surface area contributed by atoms with Crippen LogP contribution in [0.5, 0.6) is 0 Å². The second kappa shape index (κ2) is 7.99. The molecule has 2 atom stereocenters. The topological polar surface area (TPSA) is 72.2 Å². The van der Waals surface area contributed by atoms with Crippen LogP contribution in [0.3, 0.4) is 0 Å². The number of amides is 1. The Bertz CT molecular complexity index is 494. The number of nitrogens with two attached hydrogens (primary N) is 1. The fourth-order valence-corrected chi connectivity index (χ4v) is 2.87. The van der Waals surface area contributed by atoms with Crippen molar-refractivity contribution in [3.8, 4) is 0 Å². The molecule has 0 aromatic heterocycles. The number of rotatable bonds is 7. The Kier molecular flexibility index (Phi) is 6.64. The highest BCUT2D eigenvalue weighted by Gasteiger charge is 2.22. The predicted molar refractivity (Wildman–Crippen MR) is 79.2 cm³/mol. The number of halogens is 1. The Morgan fingerprint density at radius 2 is 2.15 bits per heavy atom. The van der Waals surface area contributed by atoms with E-state index in [1.54, 1.807) is 6.92 Å². The van der Waals surface area contributed by atoms with Crippen LogP contribution in [-0.2, 0) is 15.6 Å². The molecule has 20 heavy (non-hydrogen) atoms. The average molecular weight is 300 g/mol. The zero-order valence-corrected chi connectivity index (χ0v) is 12.6. The molecule has 2 unspecified atom stereocenters. The summed E-state index contributed by atoms with van der Waals surface area (Å²) >= 11 is 0. The van der Waals surface area contributed by atoms with Gasteiger partial charge >= 0.3 is 0 Å². The molecule has 0 aliphatic heterocycles. The lowest BCUT2D eigenvalue weighted by Gasteiger charge is -2.13. The van der Waals surface area contributed by atoms with Gasteiger partial charge in [0.15, 0.2) is 0 Å². The molecule has 0 heterocycles. The zero-order chi connectivity index (χ0) is 15.1. The highest BCUT2D eigenvalue weighted by atomic mass is 32.2. The van der Waals surface area contributed by atoms with Crippen molar-refractivity contribution in [2.45, 2.75) is 43.3 Å². The minimum absolute atomic E-state index is 0.106. The monoisotopic (exact) mass is 300 g/mol. The molecule has 3 N–H and O–H groups in total. The number of anilines is 1. The first-order valence-corrected chi connectivity index (χ1v) is 7.92. The maximum absolute atomic E-state index is 13.0. The summed E-state index contributed by atoms with van der Waals surface area (Å²) in [6, 6.07) is 3.66. The Hall–Kier alpha value is -1.43. The highest BCUT2D eigenvalue weighted by molar-refractivity contribution is 7.86. The van der Waals surface area contributed by atoms with E-state index in [0.29, 0.717) is 11.4 Å².